The van der Waals surface area contributed by atoms with Gasteiger partial charge in [0.1, 0.15) is 5.52 Å². The summed E-state index contributed by atoms with van der Waals surface area (Å²) in [4.78, 5) is 8.71. The third-order valence-electron chi connectivity index (χ3n) is 3.49. The van der Waals surface area contributed by atoms with Crippen molar-refractivity contribution in [3.05, 3.63) is 29.6 Å². The molecular weight excluding hydrogens is 255 g/mol. The summed E-state index contributed by atoms with van der Waals surface area (Å²) in [5.41, 5.74) is 0.480. The van der Waals surface area contributed by atoms with E-state index in [0.29, 0.717) is 17.6 Å². The summed E-state index contributed by atoms with van der Waals surface area (Å²) in [6, 6.07) is 2.98. The van der Waals surface area contributed by atoms with Crippen LogP contribution in [0.3, 0.4) is 0 Å². The lowest BCUT2D eigenvalue weighted by Gasteiger charge is -2.16. The molecule has 1 aliphatic rings. The first-order chi connectivity index (χ1) is 9.04. The number of rotatable bonds is 2. The van der Waals surface area contributed by atoms with Gasteiger partial charge in [0.05, 0.1) is 17.4 Å². The standard InChI is InChI=1S/C13H14F3N3/c14-13(15,16)10-5-9(7-19-3-1-2-4-19)6-11-12(10)18-8-17-11/h5-6,8H,1-4,7H2,(H,17,18). The molecule has 19 heavy (non-hydrogen) atoms. The van der Waals surface area contributed by atoms with Gasteiger partial charge in [0.25, 0.3) is 0 Å². The van der Waals surface area contributed by atoms with Gasteiger partial charge in [-0.05, 0) is 43.6 Å². The number of hydrogen-bond donors (Lipinski definition) is 1. The van der Waals surface area contributed by atoms with Crippen LogP contribution in [0.15, 0.2) is 18.5 Å². The molecule has 0 saturated carbocycles. The number of benzene rings is 1. The number of H-pyrrole nitrogens is 1. The van der Waals surface area contributed by atoms with Gasteiger partial charge < -0.3 is 4.98 Å². The number of halogens is 3. The average Bonchev–Trinajstić information content (AvgIpc) is 2.96. The molecule has 2 heterocycles. The zero-order chi connectivity index (χ0) is 13.5. The maximum absolute atomic E-state index is 13.0. The van der Waals surface area contributed by atoms with Crippen LogP contribution in [0.25, 0.3) is 11.0 Å². The number of aromatic amines is 1. The minimum atomic E-state index is -4.37. The number of fused-ring (bicyclic) bond motifs is 1. The van der Waals surface area contributed by atoms with Gasteiger partial charge in [0, 0.05) is 6.54 Å². The highest BCUT2D eigenvalue weighted by Crippen LogP contribution is 2.34. The molecule has 1 aromatic carbocycles. The van der Waals surface area contributed by atoms with Crippen molar-refractivity contribution in [1.29, 1.82) is 0 Å². The van der Waals surface area contributed by atoms with Gasteiger partial charge in [0.15, 0.2) is 0 Å². The molecule has 2 aromatic rings. The highest BCUT2D eigenvalue weighted by atomic mass is 19.4. The van der Waals surface area contributed by atoms with Crippen LogP contribution in [0, 0.1) is 0 Å². The molecule has 3 nitrogen and oxygen atoms in total. The minimum absolute atomic E-state index is 0.00216. The zero-order valence-corrected chi connectivity index (χ0v) is 10.3. The van der Waals surface area contributed by atoms with Gasteiger partial charge in [-0.3, -0.25) is 4.90 Å². The van der Waals surface area contributed by atoms with E-state index in [9.17, 15) is 13.2 Å². The molecule has 0 amide bonds. The van der Waals surface area contributed by atoms with E-state index in [0.717, 1.165) is 25.9 Å². The third kappa shape index (κ3) is 2.45. The lowest BCUT2D eigenvalue weighted by Crippen LogP contribution is -2.19. The first-order valence-electron chi connectivity index (χ1n) is 6.29. The first kappa shape index (κ1) is 12.5. The van der Waals surface area contributed by atoms with Crippen molar-refractivity contribution < 1.29 is 13.2 Å². The van der Waals surface area contributed by atoms with E-state index in [-0.39, 0.29) is 5.52 Å². The lowest BCUT2D eigenvalue weighted by atomic mass is 10.1. The Morgan fingerprint density at radius 2 is 1.95 bits per heavy atom. The summed E-state index contributed by atoms with van der Waals surface area (Å²) in [6.07, 6.45) is -0.815. The third-order valence-corrected chi connectivity index (χ3v) is 3.49. The quantitative estimate of drug-likeness (QED) is 0.908. The second-order valence-electron chi connectivity index (χ2n) is 4.92. The highest BCUT2D eigenvalue weighted by molar-refractivity contribution is 5.79. The van der Waals surface area contributed by atoms with E-state index < -0.39 is 11.7 Å². The van der Waals surface area contributed by atoms with Crippen molar-refractivity contribution in [2.45, 2.75) is 25.6 Å². The van der Waals surface area contributed by atoms with Crippen molar-refractivity contribution in [2.24, 2.45) is 0 Å². The largest absolute Gasteiger partial charge is 0.418 e. The van der Waals surface area contributed by atoms with Gasteiger partial charge in [0.2, 0.25) is 0 Å². The molecule has 6 heteroatoms. The molecule has 0 spiro atoms. The lowest BCUT2D eigenvalue weighted by molar-refractivity contribution is -0.136. The van der Waals surface area contributed by atoms with E-state index in [1.807, 2.05) is 0 Å². The Bertz CT molecular complexity index is 582. The molecule has 0 unspecified atom stereocenters. The molecule has 0 bridgehead atoms. The number of hydrogen-bond acceptors (Lipinski definition) is 2. The fourth-order valence-corrected chi connectivity index (χ4v) is 2.62. The Kier molecular flexibility index (Phi) is 2.97. The topological polar surface area (TPSA) is 31.9 Å². The van der Waals surface area contributed by atoms with Crippen LogP contribution < -0.4 is 0 Å². The molecule has 1 aromatic heterocycles. The number of alkyl halides is 3. The summed E-state index contributed by atoms with van der Waals surface area (Å²) in [7, 11) is 0. The molecule has 3 rings (SSSR count). The van der Waals surface area contributed by atoms with Gasteiger partial charge in [-0.25, -0.2) is 4.98 Å². The van der Waals surface area contributed by atoms with Crippen LogP contribution in [-0.4, -0.2) is 28.0 Å². The van der Waals surface area contributed by atoms with Crippen molar-refractivity contribution in [1.82, 2.24) is 14.9 Å². The Labute approximate surface area is 108 Å². The summed E-state index contributed by atoms with van der Waals surface area (Å²) in [6.45, 7) is 2.49. The van der Waals surface area contributed by atoms with E-state index in [1.54, 1.807) is 6.07 Å². The van der Waals surface area contributed by atoms with Crippen molar-refractivity contribution >= 4 is 11.0 Å². The Balaban J connectivity index is 2.00. The number of nitrogens with zero attached hydrogens (tertiary/aromatic N) is 2. The van der Waals surface area contributed by atoms with Crippen LogP contribution in [0.5, 0.6) is 0 Å². The molecule has 102 valence electrons. The van der Waals surface area contributed by atoms with Crippen molar-refractivity contribution in [3.63, 3.8) is 0 Å². The molecule has 1 fully saturated rings. The van der Waals surface area contributed by atoms with Crippen LogP contribution in [0.1, 0.15) is 24.0 Å². The summed E-state index contributed by atoms with van der Waals surface area (Å²) in [5.74, 6) is 0. The zero-order valence-electron chi connectivity index (χ0n) is 10.3. The van der Waals surface area contributed by atoms with E-state index in [4.69, 9.17) is 0 Å². The SMILES string of the molecule is FC(F)(F)c1cc(CN2CCCC2)cc2[nH]cnc12. The van der Waals surface area contributed by atoms with Gasteiger partial charge in [-0.15, -0.1) is 0 Å². The number of nitrogens with one attached hydrogen (secondary N) is 1. The average molecular weight is 269 g/mol. The Morgan fingerprint density at radius 3 is 2.63 bits per heavy atom. The van der Waals surface area contributed by atoms with Crippen LogP contribution in [-0.2, 0) is 12.7 Å². The van der Waals surface area contributed by atoms with E-state index in [2.05, 4.69) is 14.9 Å². The molecule has 0 radical (unpaired) electrons. The predicted molar refractivity (Wildman–Crippen MR) is 65.6 cm³/mol. The van der Waals surface area contributed by atoms with Crippen LogP contribution >= 0.6 is 0 Å². The highest BCUT2D eigenvalue weighted by Gasteiger charge is 2.34. The Morgan fingerprint density at radius 1 is 1.21 bits per heavy atom. The molecule has 1 N–H and O–H groups in total. The molecule has 1 saturated heterocycles. The van der Waals surface area contributed by atoms with Gasteiger partial charge in [-0.2, -0.15) is 13.2 Å². The summed E-state index contributed by atoms with van der Waals surface area (Å²) < 4.78 is 39.1. The fraction of sp³-hybridized carbons (Fsp3) is 0.462. The minimum Gasteiger partial charge on any atom is -0.345 e. The summed E-state index contributed by atoms with van der Waals surface area (Å²) in [5, 5.41) is 0. The Hall–Kier alpha value is -1.56. The van der Waals surface area contributed by atoms with E-state index in [1.165, 1.54) is 12.4 Å². The van der Waals surface area contributed by atoms with Crippen molar-refractivity contribution in [3.8, 4) is 0 Å². The van der Waals surface area contributed by atoms with E-state index >= 15 is 0 Å². The molecule has 0 atom stereocenters. The summed E-state index contributed by atoms with van der Waals surface area (Å²) >= 11 is 0. The smallest absolute Gasteiger partial charge is 0.345 e. The first-order valence-corrected chi connectivity index (χ1v) is 6.29. The molecular formula is C13H14F3N3. The van der Waals surface area contributed by atoms with Crippen LogP contribution in [0.4, 0.5) is 13.2 Å². The molecule has 1 aliphatic heterocycles. The fourth-order valence-electron chi connectivity index (χ4n) is 2.62. The monoisotopic (exact) mass is 269 g/mol. The normalized spacial score (nSPS) is 17.4. The second kappa shape index (κ2) is 4.52. The van der Waals surface area contributed by atoms with Gasteiger partial charge >= 0.3 is 6.18 Å². The maximum Gasteiger partial charge on any atom is 0.418 e. The number of likely N-dealkylation sites (tertiary alicyclic amines) is 1. The van der Waals surface area contributed by atoms with Gasteiger partial charge in [-0.1, -0.05) is 0 Å². The second-order valence-corrected chi connectivity index (χ2v) is 4.92. The number of aromatic nitrogens is 2. The number of imidazole rings is 1. The van der Waals surface area contributed by atoms with Crippen LogP contribution in [0.2, 0.25) is 0 Å². The predicted octanol–water partition coefficient (Wildman–Crippen LogP) is 3.18. The molecule has 0 aliphatic carbocycles. The van der Waals surface area contributed by atoms with Crippen molar-refractivity contribution in [2.75, 3.05) is 13.1 Å². The maximum atomic E-state index is 13.0.